The van der Waals surface area contributed by atoms with Crippen molar-refractivity contribution in [3.05, 3.63) is 0 Å². The molecule has 0 bridgehead atoms. The summed E-state index contributed by atoms with van der Waals surface area (Å²) in [5, 5.41) is 0. The molecule has 0 fully saturated rings. The van der Waals surface area contributed by atoms with E-state index in [9.17, 15) is 14.7 Å². The maximum absolute atomic E-state index is 9.42. The molecule has 8 heteroatoms. The summed E-state index contributed by atoms with van der Waals surface area (Å²) in [7, 11) is 0. The molecule has 0 rings (SSSR count). The third kappa shape index (κ3) is 6.29. The molecule has 0 aliphatic rings. The molecule has 0 aliphatic heterocycles. The van der Waals surface area contributed by atoms with Crippen LogP contribution in [0.4, 0.5) is 0 Å². The Morgan fingerprint density at radius 3 is 1.12 bits per heavy atom. The predicted octanol–water partition coefficient (Wildman–Crippen LogP) is -0.617. The quantitative estimate of drug-likeness (QED) is 0.443. The molecule has 46 valence electrons. The molecular weight excluding hydrogens is 198 g/mol. The van der Waals surface area contributed by atoms with E-state index in [1.807, 2.05) is 0 Å². The number of hydrogen-bond acceptors (Lipinski definition) is 6. The molecule has 0 aliphatic carbocycles. The van der Waals surface area contributed by atoms with Crippen molar-refractivity contribution in [2.75, 3.05) is 0 Å². The van der Waals surface area contributed by atoms with Crippen LogP contribution in [-0.4, -0.2) is 0 Å². The molecule has 8 heavy (non-hydrogen) atoms. The van der Waals surface area contributed by atoms with Gasteiger partial charge in [-0.05, 0) is 0 Å². The summed E-state index contributed by atoms with van der Waals surface area (Å²) in [6.07, 6.45) is 0. The van der Waals surface area contributed by atoms with Gasteiger partial charge in [0.1, 0.15) is 0 Å². The summed E-state index contributed by atoms with van der Waals surface area (Å²) >= 11 is -7.74. The zero-order valence-electron chi connectivity index (χ0n) is 3.34. The second-order valence-corrected chi connectivity index (χ2v) is 2.46. The molecule has 0 unspecified atom stereocenters. The van der Waals surface area contributed by atoms with Gasteiger partial charge in [0.05, 0.1) is 0 Å². The minimum atomic E-state index is -3.87. The molecule has 0 saturated carbocycles. The van der Waals surface area contributed by atoms with Crippen molar-refractivity contribution in [3.63, 3.8) is 0 Å². The number of hydrogen-bond donors (Lipinski definition) is 0. The van der Waals surface area contributed by atoms with Crippen LogP contribution >= 0.6 is 0 Å². The van der Waals surface area contributed by atoms with Gasteiger partial charge < -0.3 is 0 Å². The van der Waals surface area contributed by atoms with E-state index < -0.39 is 30.8 Å². The van der Waals surface area contributed by atoms with Crippen LogP contribution in [0, 0.1) is 0 Å². The first-order valence-electron chi connectivity index (χ1n) is 1.26. The van der Waals surface area contributed by atoms with E-state index in [-0.39, 0.29) is 0 Å². The van der Waals surface area contributed by atoms with Gasteiger partial charge >= 0.3 is 53.1 Å². The summed E-state index contributed by atoms with van der Waals surface area (Å²) in [5.41, 5.74) is 0. The first-order chi connectivity index (χ1) is 3.63. The molecule has 0 saturated heterocycles. The van der Waals surface area contributed by atoms with Crippen LogP contribution < -0.4 is 0 Å². The summed E-state index contributed by atoms with van der Waals surface area (Å²) in [4.78, 5) is 0. The standard InChI is InChI=1S/O2.4O.2V/c1-2;;;;;;/q-2;;;;;2*+1. The molecule has 0 radical (unpaired) electrons. The van der Waals surface area contributed by atoms with Gasteiger partial charge in [-0.2, -0.15) is 0 Å². The molecular formula is O6V2. The molecule has 0 aromatic heterocycles. The average Bonchev–Trinajstić information content (AvgIpc) is 1.61. The Morgan fingerprint density at radius 1 is 0.750 bits per heavy atom. The van der Waals surface area contributed by atoms with Crippen LogP contribution in [0.2, 0.25) is 0 Å². The predicted molar refractivity (Wildman–Crippen MR) is 4.92 cm³/mol. The third-order valence-electron chi connectivity index (χ3n) is 0.155. The van der Waals surface area contributed by atoms with Gasteiger partial charge in [0, 0.05) is 0 Å². The van der Waals surface area contributed by atoms with Crippen molar-refractivity contribution >= 4 is 0 Å². The first kappa shape index (κ1) is 8.29. The molecule has 0 N–H and O–H groups in total. The van der Waals surface area contributed by atoms with Crippen LogP contribution in [0.3, 0.4) is 0 Å². The maximum atomic E-state index is 9.42. The van der Waals surface area contributed by atoms with Crippen LogP contribution in [0.25, 0.3) is 0 Å². The van der Waals surface area contributed by atoms with Crippen LogP contribution in [0.15, 0.2) is 0 Å². The average molecular weight is 198 g/mol. The van der Waals surface area contributed by atoms with Crippen LogP contribution in [0.1, 0.15) is 0 Å². The van der Waals surface area contributed by atoms with E-state index in [0.717, 1.165) is 0 Å². The summed E-state index contributed by atoms with van der Waals surface area (Å²) < 4.78 is 44.2. The molecule has 0 amide bonds. The fourth-order valence-corrected chi connectivity index (χ4v) is 0.925. The van der Waals surface area contributed by atoms with Gasteiger partial charge in [-0.15, -0.1) is 0 Å². The normalized spacial score (nSPS) is 8.50. The molecule has 0 heterocycles. The summed E-state index contributed by atoms with van der Waals surface area (Å²) in [6, 6.07) is 0. The Morgan fingerprint density at radius 2 is 1.00 bits per heavy atom. The van der Waals surface area contributed by atoms with Crippen molar-refractivity contribution in [2.24, 2.45) is 0 Å². The van der Waals surface area contributed by atoms with Gasteiger partial charge in [-0.25, -0.2) is 0 Å². The van der Waals surface area contributed by atoms with Gasteiger partial charge in [0.25, 0.3) is 0 Å². The summed E-state index contributed by atoms with van der Waals surface area (Å²) in [5.74, 6) is 0. The van der Waals surface area contributed by atoms with E-state index in [0.29, 0.717) is 0 Å². The second kappa shape index (κ2) is 4.20. The fourth-order valence-electron chi connectivity index (χ4n) is 0.0544. The Labute approximate surface area is 53.4 Å². The van der Waals surface area contributed by atoms with Gasteiger partial charge in [0.2, 0.25) is 0 Å². The zero-order valence-corrected chi connectivity index (χ0v) is 6.14. The van der Waals surface area contributed by atoms with Gasteiger partial charge in [0.15, 0.2) is 0 Å². The van der Waals surface area contributed by atoms with E-state index in [2.05, 4.69) is 7.63 Å². The molecule has 0 atom stereocenters. The van der Waals surface area contributed by atoms with E-state index in [4.69, 9.17) is 0 Å². The Balaban J connectivity index is 3.48. The topological polar surface area (TPSA) is 86.7 Å². The Bertz CT molecular complexity index is 145. The zero-order chi connectivity index (χ0) is 6.57. The molecule has 0 aromatic carbocycles. The van der Waals surface area contributed by atoms with Crippen molar-refractivity contribution in [1.82, 2.24) is 0 Å². The van der Waals surface area contributed by atoms with Gasteiger partial charge in [-0.1, -0.05) is 0 Å². The number of rotatable bonds is 3. The first-order valence-corrected chi connectivity index (χ1v) is 4.68. The van der Waals surface area contributed by atoms with Crippen molar-refractivity contribution in [3.8, 4) is 0 Å². The monoisotopic (exact) mass is 198 g/mol. The van der Waals surface area contributed by atoms with Crippen molar-refractivity contribution in [1.29, 1.82) is 0 Å². The molecule has 0 spiro atoms. The minimum absolute atomic E-state index is 3.28. The van der Waals surface area contributed by atoms with Crippen molar-refractivity contribution in [2.45, 2.75) is 0 Å². The summed E-state index contributed by atoms with van der Waals surface area (Å²) in [6.45, 7) is 0. The molecule has 0 aromatic rings. The SMILES string of the molecule is [O]=[V](=[O])[O][O][V](=[O])=[O]. The Kier molecular flexibility index (Phi) is 4.35. The second-order valence-electron chi connectivity index (χ2n) is 0.596. The Hall–Kier alpha value is 0.289. The molecule has 6 nitrogen and oxygen atoms in total. The van der Waals surface area contributed by atoms with Crippen molar-refractivity contribution < 1.29 is 53.1 Å². The van der Waals surface area contributed by atoms with Gasteiger partial charge in [-0.3, -0.25) is 0 Å². The fraction of sp³-hybridized carbons (Fsp3) is 0. The third-order valence-corrected chi connectivity index (χ3v) is 1.07. The van der Waals surface area contributed by atoms with E-state index in [1.54, 1.807) is 0 Å². The van der Waals surface area contributed by atoms with E-state index >= 15 is 0 Å². The van der Waals surface area contributed by atoms with Crippen LogP contribution in [0.5, 0.6) is 0 Å². The van der Waals surface area contributed by atoms with E-state index in [1.165, 1.54) is 0 Å². The van der Waals surface area contributed by atoms with Crippen LogP contribution in [-0.2, 0) is 53.1 Å².